The molecule has 2 aromatic rings. The highest BCUT2D eigenvalue weighted by Crippen LogP contribution is 2.34. The molecule has 3 heterocycles. The normalized spacial score (nSPS) is 22.4. The molecule has 3 aliphatic rings. The highest BCUT2D eigenvalue weighted by molar-refractivity contribution is 7.89. The van der Waals surface area contributed by atoms with Gasteiger partial charge in [0.25, 0.3) is 5.91 Å². The smallest absolute Gasteiger partial charge is 0.305 e. The molecular formula is C22H28N4O4S2. The van der Waals surface area contributed by atoms with Gasteiger partial charge in [-0.3, -0.25) is 14.6 Å². The maximum absolute atomic E-state index is 13.0. The van der Waals surface area contributed by atoms with E-state index in [1.807, 2.05) is 18.2 Å². The average Bonchev–Trinajstić information content (AvgIpc) is 3.32. The van der Waals surface area contributed by atoms with Crippen LogP contribution in [0.3, 0.4) is 0 Å². The molecule has 0 atom stereocenters. The second-order valence-electron chi connectivity index (χ2n) is 9.13. The van der Waals surface area contributed by atoms with Gasteiger partial charge in [0.15, 0.2) is 0 Å². The molecule has 1 saturated heterocycles. The number of aromatic nitrogens is 1. The predicted molar refractivity (Wildman–Crippen MR) is 126 cm³/mol. The summed E-state index contributed by atoms with van der Waals surface area (Å²) in [6.07, 6.45) is 6.98. The molecule has 1 aliphatic carbocycles. The van der Waals surface area contributed by atoms with Gasteiger partial charge >= 0.3 is 4.87 Å². The number of aryl methyl sites for hydroxylation is 1. The summed E-state index contributed by atoms with van der Waals surface area (Å²) in [6.45, 7) is 0.630. The van der Waals surface area contributed by atoms with Crippen LogP contribution in [0.4, 0.5) is 0 Å². The fraction of sp³-hybridized carbons (Fsp3) is 0.591. The number of amidine groups is 1. The lowest BCUT2D eigenvalue weighted by Gasteiger charge is -2.34. The molecule has 2 N–H and O–H groups in total. The number of aliphatic imine (C=N–C) groups is 1. The van der Waals surface area contributed by atoms with Gasteiger partial charge in [0.1, 0.15) is 11.4 Å². The van der Waals surface area contributed by atoms with E-state index >= 15 is 0 Å². The molecule has 0 unspecified atom stereocenters. The van der Waals surface area contributed by atoms with Crippen LogP contribution in [0.25, 0.3) is 10.2 Å². The van der Waals surface area contributed by atoms with Crippen molar-refractivity contribution in [2.45, 2.75) is 56.9 Å². The van der Waals surface area contributed by atoms with Crippen LogP contribution in [0.2, 0.25) is 0 Å². The summed E-state index contributed by atoms with van der Waals surface area (Å²) in [7, 11) is -3.44. The van der Waals surface area contributed by atoms with E-state index in [-0.39, 0.29) is 16.5 Å². The number of nitrogens with zero attached hydrogens (tertiary/aromatic N) is 2. The van der Waals surface area contributed by atoms with E-state index in [0.717, 1.165) is 45.8 Å². The number of aromatic amines is 1. The molecule has 1 amide bonds. The van der Waals surface area contributed by atoms with E-state index < -0.39 is 15.6 Å². The molecule has 172 valence electrons. The first-order valence-corrected chi connectivity index (χ1v) is 13.8. The first-order valence-electron chi connectivity index (χ1n) is 11.4. The zero-order valence-electron chi connectivity index (χ0n) is 17.9. The van der Waals surface area contributed by atoms with E-state index in [9.17, 15) is 18.0 Å². The van der Waals surface area contributed by atoms with Gasteiger partial charge in [-0.15, -0.1) is 0 Å². The predicted octanol–water partition coefficient (Wildman–Crippen LogP) is 2.41. The topological polar surface area (TPSA) is 112 Å². The Labute approximate surface area is 191 Å². The molecule has 10 heteroatoms. The van der Waals surface area contributed by atoms with Crippen molar-refractivity contribution in [2.75, 3.05) is 18.8 Å². The lowest BCUT2D eigenvalue weighted by atomic mass is 9.88. The number of carbonyl (C=O) groups is 1. The van der Waals surface area contributed by atoms with Crippen LogP contribution in [-0.4, -0.2) is 53.8 Å². The highest BCUT2D eigenvalue weighted by Gasteiger charge is 2.48. The molecule has 1 aromatic heterocycles. The number of hydrogen-bond donors (Lipinski definition) is 2. The molecule has 0 bridgehead atoms. The maximum Gasteiger partial charge on any atom is 0.305 e. The van der Waals surface area contributed by atoms with Gasteiger partial charge in [0.05, 0.1) is 16.0 Å². The van der Waals surface area contributed by atoms with Crippen LogP contribution < -0.4 is 10.2 Å². The Morgan fingerprint density at radius 2 is 1.88 bits per heavy atom. The summed E-state index contributed by atoms with van der Waals surface area (Å²) in [5.41, 5.74) is 0.868. The number of carbonyl (C=O) groups excluding carboxylic acids is 1. The molecule has 32 heavy (non-hydrogen) atoms. The van der Waals surface area contributed by atoms with Crippen LogP contribution in [0.1, 0.15) is 50.5 Å². The fourth-order valence-corrected chi connectivity index (χ4v) is 7.40. The number of sulfonamides is 1. The van der Waals surface area contributed by atoms with E-state index in [1.54, 1.807) is 0 Å². The second kappa shape index (κ2) is 8.39. The van der Waals surface area contributed by atoms with Gasteiger partial charge in [-0.2, -0.15) is 0 Å². The number of benzene rings is 1. The lowest BCUT2D eigenvalue weighted by Crippen LogP contribution is -2.51. The molecular weight excluding hydrogens is 448 g/mol. The van der Waals surface area contributed by atoms with Gasteiger partial charge in [-0.25, -0.2) is 12.7 Å². The molecule has 0 radical (unpaired) electrons. The van der Waals surface area contributed by atoms with Crippen molar-refractivity contribution in [2.24, 2.45) is 10.9 Å². The van der Waals surface area contributed by atoms with Gasteiger partial charge in [0, 0.05) is 19.0 Å². The van der Waals surface area contributed by atoms with Crippen LogP contribution in [0.5, 0.6) is 0 Å². The number of amides is 1. The number of H-pyrrole nitrogens is 1. The Bertz CT molecular complexity index is 1220. The zero-order chi connectivity index (χ0) is 22.3. The number of fused-ring (bicyclic) bond motifs is 1. The van der Waals surface area contributed by atoms with E-state index in [2.05, 4.69) is 10.3 Å². The number of nitrogens with one attached hydrogen (secondary N) is 2. The van der Waals surface area contributed by atoms with Gasteiger partial charge in [-0.1, -0.05) is 36.7 Å². The molecule has 1 spiro atoms. The quantitative estimate of drug-likeness (QED) is 0.690. The minimum Gasteiger partial charge on any atom is -0.312 e. The Kier molecular flexibility index (Phi) is 5.71. The average molecular weight is 477 g/mol. The van der Waals surface area contributed by atoms with Gasteiger partial charge in [-0.05, 0) is 49.8 Å². The number of rotatable bonds is 5. The standard InChI is InChI=1S/C22H28N4O4S2/c27-20-22(25-19(24-20)16-4-2-1-3-5-16)9-11-26(12-10-22)32(29,30)13-8-15-6-7-17-18(14-15)31-21(28)23-17/h6-7,14,16H,1-5,8-13H2,(H,23,28)(H,24,25,27). The molecule has 1 aromatic carbocycles. The Hall–Kier alpha value is -2.04. The van der Waals surface area contributed by atoms with Crippen molar-refractivity contribution < 1.29 is 13.2 Å². The summed E-state index contributed by atoms with van der Waals surface area (Å²) in [5, 5.41) is 3.02. The SMILES string of the molecule is O=C1NC(C2CCCCC2)=NC12CCN(S(=O)(=O)CCc1ccc3[nH]c(=O)sc3c1)CC2. The van der Waals surface area contributed by atoms with Crippen LogP contribution in [0.15, 0.2) is 28.0 Å². The maximum atomic E-state index is 13.0. The first-order chi connectivity index (χ1) is 15.3. The molecule has 2 fully saturated rings. The summed E-state index contributed by atoms with van der Waals surface area (Å²) < 4.78 is 28.3. The molecule has 5 rings (SSSR count). The zero-order valence-corrected chi connectivity index (χ0v) is 19.6. The second-order valence-corrected chi connectivity index (χ2v) is 12.2. The Morgan fingerprint density at radius 1 is 1.12 bits per heavy atom. The largest absolute Gasteiger partial charge is 0.312 e. The third-order valence-electron chi connectivity index (χ3n) is 7.07. The number of piperidine rings is 1. The van der Waals surface area contributed by atoms with E-state index in [1.165, 1.54) is 23.6 Å². The minimum absolute atomic E-state index is 0.00756. The molecule has 8 nitrogen and oxygen atoms in total. The van der Waals surface area contributed by atoms with Crippen molar-refractivity contribution in [1.82, 2.24) is 14.6 Å². The summed E-state index contributed by atoms with van der Waals surface area (Å²) in [4.78, 5) is 31.7. The first kappa shape index (κ1) is 21.8. The Morgan fingerprint density at radius 3 is 2.62 bits per heavy atom. The van der Waals surface area contributed by atoms with Gasteiger partial charge in [0.2, 0.25) is 10.0 Å². The number of hydrogen-bond acceptors (Lipinski definition) is 6. The summed E-state index contributed by atoms with van der Waals surface area (Å²) >= 11 is 1.13. The third kappa shape index (κ3) is 4.15. The third-order valence-corrected chi connectivity index (χ3v) is 9.78. The molecule has 1 saturated carbocycles. The number of thiazole rings is 1. The van der Waals surface area contributed by atoms with Crippen molar-refractivity contribution in [1.29, 1.82) is 0 Å². The van der Waals surface area contributed by atoms with Gasteiger partial charge < -0.3 is 10.3 Å². The Balaban J connectivity index is 1.22. The molecule has 2 aliphatic heterocycles. The van der Waals surface area contributed by atoms with Crippen molar-refractivity contribution in [3.05, 3.63) is 33.4 Å². The van der Waals surface area contributed by atoms with E-state index in [0.29, 0.717) is 38.3 Å². The highest BCUT2D eigenvalue weighted by atomic mass is 32.2. The lowest BCUT2D eigenvalue weighted by molar-refractivity contribution is -0.125. The monoisotopic (exact) mass is 476 g/mol. The van der Waals surface area contributed by atoms with Crippen LogP contribution >= 0.6 is 11.3 Å². The van der Waals surface area contributed by atoms with E-state index in [4.69, 9.17) is 4.99 Å². The van der Waals surface area contributed by atoms with Crippen molar-refractivity contribution in [3.8, 4) is 0 Å². The van der Waals surface area contributed by atoms with Crippen LogP contribution in [0, 0.1) is 5.92 Å². The summed E-state index contributed by atoms with van der Waals surface area (Å²) in [6, 6.07) is 5.56. The fourth-order valence-electron chi connectivity index (χ4n) is 5.11. The minimum atomic E-state index is -3.44. The van der Waals surface area contributed by atoms with Crippen molar-refractivity contribution in [3.63, 3.8) is 0 Å². The van der Waals surface area contributed by atoms with Crippen LogP contribution in [-0.2, 0) is 21.2 Å². The summed E-state index contributed by atoms with van der Waals surface area (Å²) in [5.74, 6) is 1.11. The van der Waals surface area contributed by atoms with Crippen molar-refractivity contribution >= 4 is 43.3 Å².